The first kappa shape index (κ1) is 20.7. The van der Waals surface area contributed by atoms with E-state index in [1.807, 2.05) is 0 Å². The topological polar surface area (TPSA) is 94.2 Å². The van der Waals surface area contributed by atoms with E-state index < -0.39 is 17.8 Å². The first-order valence-electron chi connectivity index (χ1n) is 7.79. The van der Waals surface area contributed by atoms with E-state index in [4.69, 9.17) is 38.0 Å². The van der Waals surface area contributed by atoms with Crippen LogP contribution in [-0.4, -0.2) is 55.2 Å². The van der Waals surface area contributed by atoms with Gasteiger partial charge in [-0.05, 0) is 42.9 Å². The van der Waals surface area contributed by atoms with Gasteiger partial charge in [-0.15, -0.1) is 0 Å². The number of carbonyl (C=O) groups excluding carboxylic acids is 3. The molecule has 1 heterocycles. The van der Waals surface area contributed by atoms with Gasteiger partial charge in [0.05, 0.1) is 18.7 Å². The lowest BCUT2D eigenvalue weighted by molar-refractivity contribution is -0.145. The molecule has 144 valence electrons. The van der Waals surface area contributed by atoms with Crippen LogP contribution >= 0.6 is 23.8 Å². The second-order valence-corrected chi connectivity index (χ2v) is 6.10. The maximum Gasteiger partial charge on any atom is 0.344 e. The molecule has 1 aliphatic heterocycles. The summed E-state index contributed by atoms with van der Waals surface area (Å²) in [6.45, 7) is 1.57. The number of esters is 1. The molecular weight excluding hydrogens is 396 g/mol. The number of methoxy groups -OCH3 is 1. The number of carbonyl (C=O) groups is 3. The number of benzene rings is 1. The molecule has 27 heavy (non-hydrogen) atoms. The van der Waals surface area contributed by atoms with E-state index >= 15 is 0 Å². The average molecular weight is 413 g/mol. The molecule has 2 rings (SSSR count). The van der Waals surface area contributed by atoms with Gasteiger partial charge < -0.3 is 14.2 Å². The van der Waals surface area contributed by atoms with Crippen molar-refractivity contribution in [1.29, 1.82) is 0 Å². The summed E-state index contributed by atoms with van der Waals surface area (Å²) in [5.74, 6) is -1.33. The number of hydrogen-bond acceptors (Lipinski definition) is 7. The van der Waals surface area contributed by atoms with Gasteiger partial charge in [0.15, 0.2) is 23.2 Å². The van der Waals surface area contributed by atoms with E-state index in [0.29, 0.717) is 5.56 Å². The van der Waals surface area contributed by atoms with E-state index in [1.54, 1.807) is 6.92 Å². The lowest BCUT2D eigenvalue weighted by atomic mass is 10.1. The second-order valence-electron chi connectivity index (χ2n) is 5.31. The van der Waals surface area contributed by atoms with Crippen molar-refractivity contribution in [2.24, 2.45) is 0 Å². The molecule has 1 N–H and O–H groups in total. The number of amides is 2. The number of ether oxygens (including phenoxy) is 3. The molecular formula is C17H17ClN2O6S. The summed E-state index contributed by atoms with van der Waals surface area (Å²) < 4.78 is 15.4. The van der Waals surface area contributed by atoms with Crippen molar-refractivity contribution in [3.63, 3.8) is 0 Å². The summed E-state index contributed by atoms with van der Waals surface area (Å²) in [5, 5.41) is 2.58. The number of thiocarbonyl (C=S) groups is 1. The van der Waals surface area contributed by atoms with Gasteiger partial charge in [0, 0.05) is 7.05 Å². The largest absolute Gasteiger partial charge is 0.493 e. The Balaban J connectivity index is 2.33. The van der Waals surface area contributed by atoms with Crippen molar-refractivity contribution < 1.29 is 28.6 Å². The monoisotopic (exact) mass is 412 g/mol. The van der Waals surface area contributed by atoms with E-state index in [0.717, 1.165) is 4.90 Å². The summed E-state index contributed by atoms with van der Waals surface area (Å²) in [6, 6.07) is 3.00. The molecule has 2 amide bonds. The van der Waals surface area contributed by atoms with Crippen LogP contribution in [0.25, 0.3) is 6.08 Å². The van der Waals surface area contributed by atoms with Gasteiger partial charge in [0.2, 0.25) is 0 Å². The van der Waals surface area contributed by atoms with Crippen LogP contribution in [0.2, 0.25) is 5.02 Å². The van der Waals surface area contributed by atoms with E-state index in [1.165, 1.54) is 32.4 Å². The second kappa shape index (κ2) is 8.83. The molecule has 1 aliphatic rings. The van der Waals surface area contributed by atoms with Gasteiger partial charge in [-0.25, -0.2) is 4.79 Å². The van der Waals surface area contributed by atoms with Gasteiger partial charge in [-0.3, -0.25) is 19.8 Å². The van der Waals surface area contributed by atoms with Crippen LogP contribution in [0.4, 0.5) is 0 Å². The number of nitrogens with zero attached hydrogens (tertiary/aromatic N) is 1. The van der Waals surface area contributed by atoms with Gasteiger partial charge >= 0.3 is 5.97 Å². The van der Waals surface area contributed by atoms with E-state index in [2.05, 4.69) is 5.32 Å². The molecule has 1 aromatic rings. The van der Waals surface area contributed by atoms with Crippen molar-refractivity contribution in [2.75, 3.05) is 27.4 Å². The molecule has 0 atom stereocenters. The zero-order valence-electron chi connectivity index (χ0n) is 14.8. The Morgan fingerprint density at radius 1 is 1.37 bits per heavy atom. The van der Waals surface area contributed by atoms with Crippen molar-refractivity contribution in [2.45, 2.75) is 6.92 Å². The molecule has 0 bridgehead atoms. The van der Waals surface area contributed by atoms with Crippen molar-refractivity contribution in [3.8, 4) is 11.5 Å². The third kappa shape index (κ3) is 4.75. The van der Waals surface area contributed by atoms with Crippen LogP contribution in [0.3, 0.4) is 0 Å². The third-order valence-electron chi connectivity index (χ3n) is 3.51. The minimum absolute atomic E-state index is 0.0282. The minimum Gasteiger partial charge on any atom is -0.493 e. The Kier molecular flexibility index (Phi) is 6.75. The third-order valence-corrected chi connectivity index (χ3v) is 4.16. The summed E-state index contributed by atoms with van der Waals surface area (Å²) in [7, 11) is 2.85. The fraction of sp³-hybridized carbons (Fsp3) is 0.294. The predicted molar refractivity (Wildman–Crippen MR) is 102 cm³/mol. The molecule has 0 aromatic heterocycles. The van der Waals surface area contributed by atoms with Gasteiger partial charge in [0.25, 0.3) is 11.8 Å². The van der Waals surface area contributed by atoms with Crippen LogP contribution in [0.1, 0.15) is 12.5 Å². The fourth-order valence-corrected chi connectivity index (χ4v) is 2.66. The summed E-state index contributed by atoms with van der Waals surface area (Å²) in [4.78, 5) is 36.9. The molecule has 1 aromatic carbocycles. The zero-order valence-corrected chi connectivity index (χ0v) is 16.4. The molecule has 10 heteroatoms. The maximum atomic E-state index is 12.3. The summed E-state index contributed by atoms with van der Waals surface area (Å²) in [5.41, 5.74) is 0.324. The Hall–Kier alpha value is -2.65. The smallest absolute Gasteiger partial charge is 0.344 e. The quantitative estimate of drug-likeness (QED) is 0.328. The summed E-state index contributed by atoms with van der Waals surface area (Å²) in [6.07, 6.45) is 1.36. The Morgan fingerprint density at radius 3 is 2.70 bits per heavy atom. The van der Waals surface area contributed by atoms with Gasteiger partial charge in [-0.1, -0.05) is 11.6 Å². The first-order chi connectivity index (χ1) is 12.8. The van der Waals surface area contributed by atoms with Crippen LogP contribution in [0.15, 0.2) is 17.7 Å². The summed E-state index contributed by atoms with van der Waals surface area (Å²) >= 11 is 11.1. The lowest BCUT2D eigenvalue weighted by Gasteiger charge is -2.25. The van der Waals surface area contributed by atoms with Gasteiger partial charge in [-0.2, -0.15) is 0 Å². The molecule has 0 saturated carbocycles. The highest BCUT2D eigenvalue weighted by molar-refractivity contribution is 7.80. The Bertz CT molecular complexity index is 839. The van der Waals surface area contributed by atoms with E-state index in [9.17, 15) is 14.4 Å². The highest BCUT2D eigenvalue weighted by Gasteiger charge is 2.30. The van der Waals surface area contributed by atoms with Crippen molar-refractivity contribution >= 4 is 52.8 Å². The lowest BCUT2D eigenvalue weighted by Crippen LogP contribution is -2.52. The Morgan fingerprint density at radius 2 is 2.07 bits per heavy atom. The number of halogens is 1. The normalized spacial score (nSPS) is 15.6. The van der Waals surface area contributed by atoms with Crippen LogP contribution in [-0.2, 0) is 19.1 Å². The minimum atomic E-state index is -0.610. The number of hydrogen-bond donors (Lipinski definition) is 1. The van der Waals surface area contributed by atoms with Crippen LogP contribution in [0, 0.1) is 0 Å². The molecule has 0 unspecified atom stereocenters. The predicted octanol–water partition coefficient (Wildman–Crippen LogP) is 1.55. The number of likely N-dealkylation sites (N-methyl/N-ethyl adjacent to an activating group) is 1. The van der Waals surface area contributed by atoms with Crippen LogP contribution in [0.5, 0.6) is 11.5 Å². The average Bonchev–Trinajstić information content (AvgIpc) is 2.62. The molecule has 8 nitrogen and oxygen atoms in total. The molecule has 0 aliphatic carbocycles. The van der Waals surface area contributed by atoms with Crippen molar-refractivity contribution in [3.05, 3.63) is 28.3 Å². The fourth-order valence-electron chi connectivity index (χ4n) is 2.21. The maximum absolute atomic E-state index is 12.3. The van der Waals surface area contributed by atoms with Gasteiger partial charge in [0.1, 0.15) is 5.57 Å². The SMILES string of the molecule is CCOC(=O)COc1c(Cl)cc(C=C2C(=O)NC(=S)N(C)C2=O)cc1OC. The highest BCUT2D eigenvalue weighted by Crippen LogP contribution is 2.37. The molecule has 0 spiro atoms. The van der Waals surface area contributed by atoms with Crippen molar-refractivity contribution in [1.82, 2.24) is 10.2 Å². The van der Waals surface area contributed by atoms with Crippen LogP contribution < -0.4 is 14.8 Å². The number of rotatable bonds is 6. The standard InChI is InChI=1S/C17H17ClN2O6S/c1-4-25-13(21)8-26-14-11(18)6-9(7-12(14)24-3)5-10-15(22)19-17(27)20(2)16(10)23/h5-7H,4,8H2,1-3H3,(H,19,22,27). The Labute approximate surface area is 166 Å². The number of nitrogens with one attached hydrogen (secondary N) is 1. The molecule has 1 saturated heterocycles. The first-order valence-corrected chi connectivity index (χ1v) is 8.58. The van der Waals surface area contributed by atoms with E-state index in [-0.39, 0.29) is 40.4 Å². The zero-order chi connectivity index (χ0) is 20.1. The highest BCUT2D eigenvalue weighted by atomic mass is 35.5. The molecule has 0 radical (unpaired) electrons. The molecule has 1 fully saturated rings.